The molecule has 6 heteroatoms. The molecule has 29 heavy (non-hydrogen) atoms. The van der Waals surface area contributed by atoms with Crippen LogP contribution in [0.1, 0.15) is 45.9 Å². The highest BCUT2D eigenvalue weighted by atomic mass is 19.1. The zero-order chi connectivity index (χ0) is 21.6. The summed E-state index contributed by atoms with van der Waals surface area (Å²) in [5, 5.41) is 11.2. The van der Waals surface area contributed by atoms with Gasteiger partial charge in [-0.25, -0.2) is 14.1 Å². The second-order valence-corrected chi connectivity index (χ2v) is 8.03. The Labute approximate surface area is 173 Å². The van der Waals surface area contributed by atoms with Gasteiger partial charge >= 0.3 is 0 Å². The Morgan fingerprint density at radius 2 is 2.00 bits per heavy atom. The van der Waals surface area contributed by atoms with Crippen molar-refractivity contribution in [1.82, 2.24) is 9.78 Å². The third kappa shape index (κ3) is 6.04. The number of aromatic nitrogens is 2. The first-order chi connectivity index (χ1) is 13.7. The summed E-state index contributed by atoms with van der Waals surface area (Å²) in [5.41, 5.74) is 3.07. The van der Waals surface area contributed by atoms with Gasteiger partial charge in [-0.1, -0.05) is 12.7 Å². The van der Waals surface area contributed by atoms with E-state index in [1.807, 2.05) is 43.8 Å². The molecule has 0 atom stereocenters. The number of halogens is 1. The molecule has 0 amide bonds. The number of aryl methyl sites for hydroxylation is 2. The van der Waals surface area contributed by atoms with Crippen molar-refractivity contribution in [3.8, 4) is 0 Å². The summed E-state index contributed by atoms with van der Waals surface area (Å²) in [6, 6.07) is 7.08. The second kappa shape index (κ2) is 9.54. The third-order valence-electron chi connectivity index (χ3n) is 4.38. The van der Waals surface area contributed by atoms with Crippen LogP contribution in [0.3, 0.4) is 0 Å². The lowest BCUT2D eigenvalue weighted by molar-refractivity contribution is 0.359. The van der Waals surface area contributed by atoms with Gasteiger partial charge in [0.15, 0.2) is 0 Å². The fraction of sp³-hybridized carbons (Fsp3) is 0.391. The molecule has 1 heterocycles. The fourth-order valence-corrected chi connectivity index (χ4v) is 2.86. The summed E-state index contributed by atoms with van der Waals surface area (Å²) in [6.07, 6.45) is 4.80. The highest BCUT2D eigenvalue weighted by Crippen LogP contribution is 2.24. The molecule has 0 unspecified atom stereocenters. The zero-order valence-electron chi connectivity index (χ0n) is 18.3. The van der Waals surface area contributed by atoms with Crippen LogP contribution in [0.15, 0.2) is 53.7 Å². The maximum Gasteiger partial charge on any atom is 0.133 e. The van der Waals surface area contributed by atoms with Crippen LogP contribution in [0.5, 0.6) is 0 Å². The van der Waals surface area contributed by atoms with Crippen molar-refractivity contribution < 1.29 is 4.39 Å². The average molecular weight is 398 g/mol. The van der Waals surface area contributed by atoms with Gasteiger partial charge in [0.05, 0.1) is 11.2 Å². The average Bonchev–Trinajstić information content (AvgIpc) is 3.07. The van der Waals surface area contributed by atoms with Gasteiger partial charge in [0.2, 0.25) is 0 Å². The van der Waals surface area contributed by atoms with Crippen molar-refractivity contribution in [3.05, 3.63) is 65.8 Å². The van der Waals surface area contributed by atoms with Gasteiger partial charge < -0.3 is 10.6 Å². The number of aliphatic imine (C=N–C) groups is 1. The van der Waals surface area contributed by atoms with E-state index in [0.29, 0.717) is 24.2 Å². The third-order valence-corrected chi connectivity index (χ3v) is 4.38. The number of benzene rings is 1. The van der Waals surface area contributed by atoms with Crippen LogP contribution < -0.4 is 10.6 Å². The molecule has 5 nitrogen and oxygen atoms in total. The molecule has 0 radical (unpaired) electrons. The van der Waals surface area contributed by atoms with Crippen LogP contribution in [0.25, 0.3) is 0 Å². The van der Waals surface area contributed by atoms with Gasteiger partial charge in [0.25, 0.3) is 0 Å². The summed E-state index contributed by atoms with van der Waals surface area (Å²) in [6.45, 7) is 14.1. The number of nitrogens with one attached hydrogen (secondary N) is 2. The highest BCUT2D eigenvalue weighted by Gasteiger charge is 2.21. The van der Waals surface area contributed by atoms with Crippen LogP contribution in [-0.4, -0.2) is 22.7 Å². The Balaban J connectivity index is 2.30. The predicted molar refractivity (Wildman–Crippen MR) is 121 cm³/mol. The Morgan fingerprint density at radius 1 is 1.28 bits per heavy atom. The Bertz CT molecular complexity index is 916. The molecule has 2 N–H and O–H groups in total. The van der Waals surface area contributed by atoms with Gasteiger partial charge in [0, 0.05) is 25.0 Å². The normalized spacial score (nSPS) is 12.4. The molecule has 0 saturated heterocycles. The van der Waals surface area contributed by atoms with E-state index in [1.165, 1.54) is 6.07 Å². The van der Waals surface area contributed by atoms with E-state index >= 15 is 0 Å². The smallest absolute Gasteiger partial charge is 0.133 e. The molecule has 1 aromatic heterocycles. The lowest BCUT2D eigenvalue weighted by atomic mass is 10.1. The quantitative estimate of drug-likeness (QED) is 0.477. The second-order valence-electron chi connectivity index (χ2n) is 8.03. The van der Waals surface area contributed by atoms with Crippen molar-refractivity contribution >= 4 is 17.3 Å². The van der Waals surface area contributed by atoms with Crippen LogP contribution in [0, 0.1) is 5.82 Å². The molecule has 0 fully saturated rings. The molecule has 1 aromatic carbocycles. The Morgan fingerprint density at radius 3 is 2.59 bits per heavy atom. The van der Waals surface area contributed by atoms with E-state index in [0.717, 1.165) is 22.8 Å². The molecular weight excluding hydrogens is 365 g/mol. The summed E-state index contributed by atoms with van der Waals surface area (Å²) in [5.74, 6) is 1.33. The minimum absolute atomic E-state index is 0.194. The number of allylic oxidation sites excluding steroid dienone is 1. The van der Waals surface area contributed by atoms with Crippen LogP contribution in [-0.2, 0) is 18.4 Å². The molecule has 0 aliphatic carbocycles. The molecule has 156 valence electrons. The SMILES string of the molecule is C=C(C)C(=N/C=C\C)Nc1cc(CCc2cc(NC)ccc2F)nn1C(C)(C)C. The van der Waals surface area contributed by atoms with Gasteiger partial charge in [0.1, 0.15) is 17.5 Å². The van der Waals surface area contributed by atoms with Crippen LogP contribution >= 0.6 is 0 Å². The fourth-order valence-electron chi connectivity index (χ4n) is 2.86. The number of hydrogen-bond donors (Lipinski definition) is 2. The highest BCUT2D eigenvalue weighted by molar-refractivity contribution is 6.07. The summed E-state index contributed by atoms with van der Waals surface area (Å²) in [4.78, 5) is 4.42. The molecule has 0 aliphatic heterocycles. The molecule has 0 bridgehead atoms. The van der Waals surface area contributed by atoms with Gasteiger partial charge in [-0.15, -0.1) is 0 Å². The van der Waals surface area contributed by atoms with Gasteiger partial charge in [-0.2, -0.15) is 5.10 Å². The number of nitrogens with zero attached hydrogens (tertiary/aromatic N) is 3. The van der Waals surface area contributed by atoms with Crippen LogP contribution in [0.4, 0.5) is 15.9 Å². The van der Waals surface area contributed by atoms with Gasteiger partial charge in [-0.3, -0.25) is 0 Å². The Kier molecular flexibility index (Phi) is 7.37. The van der Waals surface area contributed by atoms with Crippen molar-refractivity contribution in [2.75, 3.05) is 17.7 Å². The molecule has 2 rings (SSSR count). The standard InChI is InChI=1S/C23H32FN5/c1-8-13-26-22(16(2)3)27-21-15-19(28-29(21)23(4,5)6)10-9-17-14-18(25-7)11-12-20(17)24/h8,11-15,25H,2,9-10H2,1,3-7H3,(H,26,27)/b13-8-. The van der Waals surface area contributed by atoms with Gasteiger partial charge in [-0.05, 0) is 76.8 Å². The topological polar surface area (TPSA) is 54.2 Å². The first-order valence-electron chi connectivity index (χ1n) is 9.83. The monoisotopic (exact) mass is 397 g/mol. The van der Waals surface area contributed by atoms with Crippen molar-refractivity contribution in [3.63, 3.8) is 0 Å². The van der Waals surface area contributed by atoms with E-state index in [1.54, 1.807) is 12.3 Å². The summed E-state index contributed by atoms with van der Waals surface area (Å²) in [7, 11) is 1.83. The number of rotatable bonds is 7. The molecule has 0 saturated carbocycles. The maximum atomic E-state index is 14.2. The maximum absolute atomic E-state index is 14.2. The minimum atomic E-state index is -0.224. The molecular formula is C23H32FN5. The first kappa shape index (κ1) is 22.4. The van der Waals surface area contributed by atoms with Crippen molar-refractivity contribution in [1.29, 1.82) is 0 Å². The van der Waals surface area contributed by atoms with E-state index in [-0.39, 0.29) is 11.4 Å². The van der Waals surface area contributed by atoms with Crippen molar-refractivity contribution in [2.24, 2.45) is 4.99 Å². The predicted octanol–water partition coefficient (Wildman–Crippen LogP) is 5.52. The molecule has 0 spiro atoms. The van der Waals surface area contributed by atoms with E-state index in [2.05, 4.69) is 43.0 Å². The van der Waals surface area contributed by atoms with Crippen molar-refractivity contribution in [2.45, 2.75) is 53.0 Å². The molecule has 2 aromatic rings. The lowest BCUT2D eigenvalue weighted by Gasteiger charge is -2.23. The first-order valence-corrected chi connectivity index (χ1v) is 9.83. The molecule has 0 aliphatic rings. The Hall–Kier alpha value is -2.89. The largest absolute Gasteiger partial charge is 0.388 e. The van der Waals surface area contributed by atoms with E-state index in [4.69, 9.17) is 5.10 Å². The summed E-state index contributed by atoms with van der Waals surface area (Å²) < 4.78 is 16.1. The lowest BCUT2D eigenvalue weighted by Crippen LogP contribution is -2.27. The summed E-state index contributed by atoms with van der Waals surface area (Å²) >= 11 is 0. The number of hydrogen-bond acceptors (Lipinski definition) is 3. The van der Waals surface area contributed by atoms with E-state index < -0.39 is 0 Å². The van der Waals surface area contributed by atoms with Crippen LogP contribution in [0.2, 0.25) is 0 Å². The zero-order valence-corrected chi connectivity index (χ0v) is 18.3. The number of anilines is 2. The van der Waals surface area contributed by atoms with E-state index in [9.17, 15) is 4.39 Å². The minimum Gasteiger partial charge on any atom is -0.388 e. The number of amidine groups is 1.